The molecule has 0 saturated carbocycles. The second kappa shape index (κ2) is 11.3. The third-order valence-corrected chi connectivity index (χ3v) is 11.2. The number of aromatic nitrogens is 2. The van der Waals surface area contributed by atoms with Crippen LogP contribution in [0.15, 0.2) is 188 Å². The van der Waals surface area contributed by atoms with Gasteiger partial charge in [-0.15, -0.1) is 0 Å². The highest BCUT2D eigenvalue weighted by atomic mass is 14.9. The Bertz CT molecular complexity index is 2470. The van der Waals surface area contributed by atoms with E-state index in [1.165, 1.54) is 50.1 Å². The fourth-order valence-electron chi connectivity index (χ4n) is 8.83. The van der Waals surface area contributed by atoms with Crippen molar-refractivity contribution < 1.29 is 0 Å². The first-order valence-electron chi connectivity index (χ1n) is 17.7. The van der Waals surface area contributed by atoms with Crippen molar-refractivity contribution in [2.45, 2.75) is 17.8 Å². The van der Waals surface area contributed by atoms with E-state index in [0.29, 0.717) is 0 Å². The number of nitrogens with zero attached hydrogens (tertiary/aromatic N) is 2. The van der Waals surface area contributed by atoms with Crippen LogP contribution in [0.2, 0.25) is 0 Å². The highest BCUT2D eigenvalue weighted by Crippen LogP contribution is 2.63. The summed E-state index contributed by atoms with van der Waals surface area (Å²) in [6.07, 6.45) is 0. The van der Waals surface area contributed by atoms with E-state index < -0.39 is 5.41 Å². The summed E-state index contributed by atoms with van der Waals surface area (Å²) in [6, 6.07) is 67.7. The standard InChI is InChI=1S/C49H34N2/c1-48-39-21-8-11-24-42(39)49(43-25-12-9-22-40(43)48,44-26-13-10-23-41(44)48)47-50-45(36-29-27-35(28-30-36)33-15-4-2-5-16-33)32-46(51-47)38-20-14-19-37(31-38)34-17-6-3-7-18-34/h2-32H,1H3. The lowest BCUT2D eigenvalue weighted by Gasteiger charge is -2.54. The van der Waals surface area contributed by atoms with Crippen LogP contribution in [0.4, 0.5) is 0 Å². The lowest BCUT2D eigenvalue weighted by atomic mass is 9.47. The van der Waals surface area contributed by atoms with Crippen LogP contribution in [0.1, 0.15) is 46.1 Å². The maximum atomic E-state index is 5.63. The summed E-state index contributed by atoms with van der Waals surface area (Å²) in [5, 5.41) is 0. The Morgan fingerprint density at radius 2 is 0.686 bits per heavy atom. The van der Waals surface area contributed by atoms with E-state index in [2.05, 4.69) is 195 Å². The quantitative estimate of drug-likeness (QED) is 0.185. The summed E-state index contributed by atoms with van der Waals surface area (Å²) < 4.78 is 0. The van der Waals surface area contributed by atoms with Crippen molar-refractivity contribution in [3.05, 3.63) is 227 Å². The van der Waals surface area contributed by atoms with Gasteiger partial charge in [-0.2, -0.15) is 0 Å². The van der Waals surface area contributed by atoms with E-state index in [1.807, 2.05) is 0 Å². The van der Waals surface area contributed by atoms with Gasteiger partial charge in [-0.05, 0) is 74.7 Å². The molecule has 2 heteroatoms. The van der Waals surface area contributed by atoms with Gasteiger partial charge in [0.25, 0.3) is 0 Å². The molecule has 0 unspecified atom stereocenters. The molecule has 1 aromatic heterocycles. The lowest BCUT2D eigenvalue weighted by molar-refractivity contribution is 0.515. The van der Waals surface area contributed by atoms with Crippen LogP contribution in [-0.2, 0) is 10.8 Å². The highest BCUT2D eigenvalue weighted by molar-refractivity contribution is 5.80. The van der Waals surface area contributed by atoms with Gasteiger partial charge in [0.1, 0.15) is 11.2 Å². The minimum Gasteiger partial charge on any atom is -0.231 e. The van der Waals surface area contributed by atoms with Gasteiger partial charge in [0, 0.05) is 16.5 Å². The van der Waals surface area contributed by atoms with Gasteiger partial charge >= 0.3 is 0 Å². The van der Waals surface area contributed by atoms with Gasteiger partial charge in [0.15, 0.2) is 0 Å². The SMILES string of the molecule is CC12c3ccccc3C(c3nc(-c4ccc(-c5ccccc5)cc4)cc(-c4cccc(-c5ccccc5)c4)n3)(c3ccccc31)c1ccccc12. The summed E-state index contributed by atoms with van der Waals surface area (Å²) >= 11 is 0. The summed E-state index contributed by atoms with van der Waals surface area (Å²) in [5.74, 6) is 0.793. The number of hydrogen-bond acceptors (Lipinski definition) is 2. The lowest BCUT2D eigenvalue weighted by Crippen LogP contribution is -2.50. The minimum atomic E-state index is -0.701. The molecule has 51 heavy (non-hydrogen) atoms. The zero-order valence-electron chi connectivity index (χ0n) is 28.3. The molecule has 0 saturated heterocycles. The van der Waals surface area contributed by atoms with E-state index in [9.17, 15) is 0 Å². The monoisotopic (exact) mass is 650 g/mol. The zero-order chi connectivity index (χ0) is 34.0. The third-order valence-electron chi connectivity index (χ3n) is 11.2. The predicted octanol–water partition coefficient (Wildman–Crippen LogP) is 11.5. The molecule has 0 radical (unpaired) electrons. The predicted molar refractivity (Wildman–Crippen MR) is 208 cm³/mol. The molecule has 0 atom stereocenters. The molecular formula is C49H34N2. The van der Waals surface area contributed by atoms with Crippen molar-refractivity contribution in [1.82, 2.24) is 9.97 Å². The average molecular weight is 651 g/mol. The van der Waals surface area contributed by atoms with E-state index in [4.69, 9.17) is 9.97 Å². The summed E-state index contributed by atoms with van der Waals surface area (Å²) in [6.45, 7) is 2.39. The first-order chi connectivity index (χ1) is 25.2. The van der Waals surface area contributed by atoms with Crippen LogP contribution >= 0.6 is 0 Å². The minimum absolute atomic E-state index is 0.288. The smallest absolute Gasteiger partial charge is 0.149 e. The zero-order valence-corrected chi connectivity index (χ0v) is 28.3. The first kappa shape index (κ1) is 29.5. The first-order valence-corrected chi connectivity index (χ1v) is 17.7. The number of hydrogen-bond donors (Lipinski definition) is 0. The molecule has 0 fully saturated rings. The topological polar surface area (TPSA) is 25.8 Å². The fraction of sp³-hybridized carbons (Fsp3) is 0.0612. The fourth-order valence-corrected chi connectivity index (χ4v) is 8.83. The van der Waals surface area contributed by atoms with Crippen molar-refractivity contribution in [3.63, 3.8) is 0 Å². The van der Waals surface area contributed by atoms with Crippen molar-refractivity contribution >= 4 is 0 Å². The Hall–Kier alpha value is -6.38. The molecule has 2 nitrogen and oxygen atoms in total. The molecule has 0 N–H and O–H groups in total. The second-order valence-electron chi connectivity index (χ2n) is 13.9. The van der Waals surface area contributed by atoms with Gasteiger partial charge in [0.2, 0.25) is 0 Å². The van der Waals surface area contributed by atoms with Crippen LogP contribution in [0.3, 0.4) is 0 Å². The Labute approximate surface area is 298 Å². The maximum absolute atomic E-state index is 5.63. The molecule has 0 amide bonds. The van der Waals surface area contributed by atoms with E-state index in [1.54, 1.807) is 0 Å². The van der Waals surface area contributed by atoms with E-state index in [-0.39, 0.29) is 5.41 Å². The van der Waals surface area contributed by atoms with Gasteiger partial charge in [-0.3, -0.25) is 0 Å². The molecule has 8 aromatic rings. The molecule has 1 heterocycles. The summed E-state index contributed by atoms with van der Waals surface area (Å²) in [5.41, 5.74) is 15.4. The molecule has 0 spiro atoms. The molecule has 2 bridgehead atoms. The van der Waals surface area contributed by atoms with E-state index >= 15 is 0 Å². The largest absolute Gasteiger partial charge is 0.231 e. The van der Waals surface area contributed by atoms with Crippen molar-refractivity contribution in [2.75, 3.05) is 0 Å². The molecule has 0 aliphatic heterocycles. The molecule has 240 valence electrons. The van der Waals surface area contributed by atoms with Crippen molar-refractivity contribution in [1.29, 1.82) is 0 Å². The number of rotatable bonds is 5. The maximum Gasteiger partial charge on any atom is 0.149 e. The van der Waals surface area contributed by atoms with Crippen LogP contribution in [0.25, 0.3) is 44.8 Å². The van der Waals surface area contributed by atoms with Gasteiger partial charge < -0.3 is 0 Å². The molecule has 3 aliphatic carbocycles. The van der Waals surface area contributed by atoms with E-state index in [0.717, 1.165) is 33.9 Å². The molecule has 3 aliphatic rings. The van der Waals surface area contributed by atoms with Crippen LogP contribution in [0, 0.1) is 0 Å². The Morgan fingerprint density at radius 1 is 0.314 bits per heavy atom. The van der Waals surface area contributed by atoms with Gasteiger partial charge in [-0.1, -0.05) is 176 Å². The molecule has 11 rings (SSSR count). The normalized spacial score (nSPS) is 18.1. The Balaban J connectivity index is 1.26. The van der Waals surface area contributed by atoms with Crippen molar-refractivity contribution in [2.24, 2.45) is 0 Å². The third kappa shape index (κ3) is 4.30. The Kier molecular flexibility index (Phi) is 6.56. The molecular weight excluding hydrogens is 617 g/mol. The van der Waals surface area contributed by atoms with Gasteiger partial charge in [-0.25, -0.2) is 9.97 Å². The highest BCUT2D eigenvalue weighted by Gasteiger charge is 2.58. The summed E-state index contributed by atoms with van der Waals surface area (Å²) in [7, 11) is 0. The second-order valence-corrected chi connectivity index (χ2v) is 13.9. The van der Waals surface area contributed by atoms with Crippen molar-refractivity contribution in [3.8, 4) is 44.8 Å². The van der Waals surface area contributed by atoms with Crippen LogP contribution in [0.5, 0.6) is 0 Å². The number of benzene rings is 7. The summed E-state index contributed by atoms with van der Waals surface area (Å²) in [4.78, 5) is 11.2. The van der Waals surface area contributed by atoms with Crippen LogP contribution < -0.4 is 0 Å². The van der Waals surface area contributed by atoms with Crippen LogP contribution in [-0.4, -0.2) is 9.97 Å². The average Bonchev–Trinajstić information content (AvgIpc) is 3.22. The molecule has 7 aromatic carbocycles. The Morgan fingerprint density at radius 3 is 1.22 bits per heavy atom. The van der Waals surface area contributed by atoms with Gasteiger partial charge in [0.05, 0.1) is 11.4 Å².